The van der Waals surface area contributed by atoms with Crippen LogP contribution in [0.5, 0.6) is 17.2 Å². The van der Waals surface area contributed by atoms with E-state index in [0.717, 1.165) is 36.5 Å². The third kappa shape index (κ3) is 5.13. The van der Waals surface area contributed by atoms with Crippen LogP contribution in [-0.4, -0.2) is 50.0 Å². The smallest absolute Gasteiger partial charge is 0.266 e. The lowest BCUT2D eigenvalue weighted by Crippen LogP contribution is -2.39. The first-order chi connectivity index (χ1) is 19.9. The molecule has 9 nitrogen and oxygen atoms in total. The molecule has 4 aromatic rings. The minimum atomic E-state index is -4.03. The Labute approximate surface area is 244 Å². The van der Waals surface area contributed by atoms with Crippen molar-refractivity contribution >= 4 is 26.7 Å². The fourth-order valence-electron chi connectivity index (χ4n) is 5.87. The van der Waals surface area contributed by atoms with Gasteiger partial charge >= 0.3 is 0 Å². The van der Waals surface area contributed by atoms with Crippen LogP contribution in [0.15, 0.2) is 71.9 Å². The van der Waals surface area contributed by atoms with E-state index in [1.54, 1.807) is 44.6 Å². The molecule has 0 aliphatic carbocycles. The Hall–Kier alpha value is -3.67. The minimum absolute atomic E-state index is 0.00988. The predicted octanol–water partition coefficient (Wildman–Crippen LogP) is 5.39. The van der Waals surface area contributed by atoms with Crippen LogP contribution in [0.1, 0.15) is 47.7 Å². The van der Waals surface area contributed by atoms with Gasteiger partial charge in [0.1, 0.15) is 23.6 Å². The van der Waals surface area contributed by atoms with E-state index >= 15 is 0 Å². The van der Waals surface area contributed by atoms with Crippen LogP contribution >= 0.6 is 11.5 Å². The van der Waals surface area contributed by atoms with Crippen molar-refractivity contribution in [3.63, 3.8) is 0 Å². The van der Waals surface area contributed by atoms with Crippen molar-refractivity contribution in [2.24, 2.45) is 0 Å². The van der Waals surface area contributed by atoms with Gasteiger partial charge in [-0.15, -0.1) is 0 Å². The van der Waals surface area contributed by atoms with Crippen LogP contribution < -0.4 is 18.5 Å². The summed E-state index contributed by atoms with van der Waals surface area (Å²) in [5.74, 6) is 1.74. The molecule has 3 heterocycles. The molecule has 0 saturated heterocycles. The standard InChI is InChI=1S/C30H32N4O5S2/c1-20-25-7-5-4-6-21(25)12-14-33(20)27-13-15-39-29-17-24(10-11-26(27)29)41(35,36)34(30-31-19-32-40-30)18-22-8-9-23(37-2)16-28(22)38-3/h4-11,16-17,19-20,27H,12-15,18H2,1-3H3/t20-,27-/m1/s1. The minimum Gasteiger partial charge on any atom is -0.497 e. The van der Waals surface area contributed by atoms with Gasteiger partial charge < -0.3 is 14.2 Å². The Morgan fingerprint density at radius 3 is 2.71 bits per heavy atom. The van der Waals surface area contributed by atoms with Crippen molar-refractivity contribution in [3.8, 4) is 17.2 Å². The molecule has 0 bridgehead atoms. The lowest BCUT2D eigenvalue weighted by Gasteiger charge is -2.43. The summed E-state index contributed by atoms with van der Waals surface area (Å²) in [6, 6.07) is 19.5. The number of hydrogen-bond acceptors (Lipinski definition) is 9. The van der Waals surface area contributed by atoms with Crippen LogP contribution in [0.4, 0.5) is 5.13 Å². The molecule has 2 atom stereocenters. The first kappa shape index (κ1) is 27.5. The highest BCUT2D eigenvalue weighted by Gasteiger charge is 2.35. The van der Waals surface area contributed by atoms with Crippen molar-refractivity contribution in [1.82, 2.24) is 14.3 Å². The van der Waals surface area contributed by atoms with E-state index in [0.29, 0.717) is 29.4 Å². The summed E-state index contributed by atoms with van der Waals surface area (Å²) in [4.78, 5) is 6.88. The highest BCUT2D eigenvalue weighted by Crippen LogP contribution is 2.43. The molecule has 0 amide bonds. The first-order valence-electron chi connectivity index (χ1n) is 13.5. The van der Waals surface area contributed by atoms with Gasteiger partial charge in [0.15, 0.2) is 0 Å². The van der Waals surface area contributed by atoms with E-state index in [4.69, 9.17) is 14.2 Å². The van der Waals surface area contributed by atoms with E-state index in [9.17, 15) is 8.42 Å². The maximum atomic E-state index is 14.1. The number of anilines is 1. The molecule has 0 unspecified atom stereocenters. The van der Waals surface area contributed by atoms with Crippen LogP contribution in [0.3, 0.4) is 0 Å². The number of hydrogen-bond donors (Lipinski definition) is 0. The van der Waals surface area contributed by atoms with Gasteiger partial charge in [0.25, 0.3) is 10.0 Å². The molecule has 214 valence electrons. The van der Waals surface area contributed by atoms with Gasteiger partial charge in [-0.25, -0.2) is 17.7 Å². The van der Waals surface area contributed by atoms with E-state index in [1.807, 2.05) is 6.07 Å². The molecule has 0 N–H and O–H groups in total. The zero-order valence-electron chi connectivity index (χ0n) is 23.2. The lowest BCUT2D eigenvalue weighted by atomic mass is 9.89. The van der Waals surface area contributed by atoms with Gasteiger partial charge in [0, 0.05) is 59.8 Å². The Morgan fingerprint density at radius 2 is 1.93 bits per heavy atom. The number of nitrogens with zero attached hydrogens (tertiary/aromatic N) is 4. The zero-order valence-corrected chi connectivity index (χ0v) is 24.8. The SMILES string of the molecule is COc1ccc(CN(c2ncns2)S(=O)(=O)c2ccc3c(c2)OCC[C@H]3N2CCc3ccccc3[C@H]2C)c(OC)c1. The van der Waals surface area contributed by atoms with Crippen molar-refractivity contribution in [2.45, 2.75) is 43.3 Å². The van der Waals surface area contributed by atoms with E-state index in [2.05, 4.69) is 45.4 Å². The lowest BCUT2D eigenvalue weighted by molar-refractivity contribution is 0.0957. The van der Waals surface area contributed by atoms with Crippen LogP contribution in [0.25, 0.3) is 0 Å². The molecule has 2 aliphatic heterocycles. The van der Waals surface area contributed by atoms with Crippen LogP contribution in [0, 0.1) is 0 Å². The fourth-order valence-corrected chi connectivity index (χ4v) is 8.02. The fraction of sp³-hybridized carbons (Fsp3) is 0.333. The molecular weight excluding hydrogens is 560 g/mol. The summed E-state index contributed by atoms with van der Waals surface area (Å²) in [6.45, 7) is 3.72. The predicted molar refractivity (Wildman–Crippen MR) is 157 cm³/mol. The Balaban J connectivity index is 1.33. The molecule has 11 heteroatoms. The summed E-state index contributed by atoms with van der Waals surface area (Å²) in [6.07, 6.45) is 3.19. The molecule has 0 radical (unpaired) electrons. The summed E-state index contributed by atoms with van der Waals surface area (Å²) in [5, 5.41) is 0.264. The largest absolute Gasteiger partial charge is 0.497 e. The van der Waals surface area contributed by atoms with Crippen molar-refractivity contribution in [1.29, 1.82) is 0 Å². The number of methoxy groups -OCH3 is 2. The second kappa shape index (κ2) is 11.3. The van der Waals surface area contributed by atoms with Gasteiger partial charge in [-0.3, -0.25) is 4.90 Å². The Kier molecular flexibility index (Phi) is 7.58. The topological polar surface area (TPSA) is 94.1 Å². The zero-order chi connectivity index (χ0) is 28.6. The van der Waals surface area contributed by atoms with Gasteiger partial charge in [-0.2, -0.15) is 4.37 Å². The summed E-state index contributed by atoms with van der Waals surface area (Å²) in [7, 11) is -0.916. The van der Waals surface area contributed by atoms with Crippen molar-refractivity contribution in [3.05, 3.63) is 89.2 Å². The molecule has 6 rings (SSSR count). The Morgan fingerprint density at radius 1 is 1.07 bits per heavy atom. The molecular formula is C30H32N4O5S2. The monoisotopic (exact) mass is 592 g/mol. The van der Waals surface area contributed by atoms with Crippen molar-refractivity contribution < 1.29 is 22.6 Å². The normalized spacial score (nSPS) is 18.6. The number of rotatable bonds is 8. The Bertz CT molecular complexity index is 1640. The van der Waals surface area contributed by atoms with Gasteiger partial charge in [0.2, 0.25) is 5.13 Å². The maximum Gasteiger partial charge on any atom is 0.266 e. The van der Waals surface area contributed by atoms with Gasteiger partial charge in [-0.1, -0.05) is 30.3 Å². The maximum absolute atomic E-state index is 14.1. The molecule has 0 fully saturated rings. The second-order valence-corrected chi connectivity index (χ2v) is 12.7. The number of aromatic nitrogens is 2. The van der Waals surface area contributed by atoms with Gasteiger partial charge in [0.05, 0.1) is 32.3 Å². The highest BCUT2D eigenvalue weighted by molar-refractivity contribution is 7.93. The number of ether oxygens (including phenoxy) is 3. The quantitative estimate of drug-likeness (QED) is 0.269. The number of fused-ring (bicyclic) bond motifs is 2. The molecule has 3 aromatic carbocycles. The third-order valence-corrected chi connectivity index (χ3v) is 10.5. The molecule has 1 aromatic heterocycles. The highest BCUT2D eigenvalue weighted by atomic mass is 32.2. The summed E-state index contributed by atoms with van der Waals surface area (Å²) in [5.41, 5.74) is 4.43. The van der Waals surface area contributed by atoms with Crippen LogP contribution in [0.2, 0.25) is 0 Å². The first-order valence-corrected chi connectivity index (χ1v) is 15.7. The van der Waals surface area contributed by atoms with Crippen molar-refractivity contribution in [2.75, 3.05) is 31.7 Å². The summed E-state index contributed by atoms with van der Waals surface area (Å²) >= 11 is 1.02. The number of sulfonamides is 1. The van der Waals surface area contributed by atoms with E-state index < -0.39 is 10.0 Å². The average Bonchev–Trinajstić information content (AvgIpc) is 3.54. The molecule has 41 heavy (non-hydrogen) atoms. The number of benzene rings is 3. The summed E-state index contributed by atoms with van der Waals surface area (Å²) < 4.78 is 50.5. The van der Waals surface area contributed by atoms with E-state index in [-0.39, 0.29) is 28.7 Å². The second-order valence-electron chi connectivity index (χ2n) is 10.1. The average molecular weight is 593 g/mol. The molecule has 0 saturated carbocycles. The van der Waals surface area contributed by atoms with Gasteiger partial charge in [-0.05, 0) is 42.7 Å². The van der Waals surface area contributed by atoms with E-state index in [1.165, 1.54) is 21.8 Å². The van der Waals surface area contributed by atoms with Crippen LogP contribution in [-0.2, 0) is 23.0 Å². The third-order valence-electron chi connectivity index (χ3n) is 7.99. The molecule has 2 aliphatic rings. The molecule has 0 spiro atoms.